The number of methoxy groups -OCH3 is 1. The number of primary amides is 1. The number of ether oxygens (including phenoxy) is 1. The summed E-state index contributed by atoms with van der Waals surface area (Å²) in [4.78, 5) is 15.3. The topological polar surface area (TPSA) is 70.1 Å². The highest BCUT2D eigenvalue weighted by Gasteiger charge is 2.13. The predicted octanol–water partition coefficient (Wildman–Crippen LogP) is 1.66. The molecule has 2 rings (SSSR count). The minimum atomic E-state index is -0.347. The van der Waals surface area contributed by atoms with Gasteiger partial charge in [-0.3, -0.25) is 4.79 Å². The van der Waals surface area contributed by atoms with Crippen molar-refractivity contribution in [1.29, 1.82) is 0 Å². The highest BCUT2D eigenvalue weighted by atomic mass is 35.5. The predicted molar refractivity (Wildman–Crippen MR) is 69.7 cm³/mol. The number of rotatable bonds is 5. The summed E-state index contributed by atoms with van der Waals surface area (Å²) in [6, 6.07) is 5.63. The van der Waals surface area contributed by atoms with Gasteiger partial charge in [-0.1, -0.05) is 6.07 Å². The summed E-state index contributed by atoms with van der Waals surface area (Å²) in [7, 11) is 1.59. The van der Waals surface area contributed by atoms with E-state index in [1.165, 1.54) is 0 Å². The van der Waals surface area contributed by atoms with Gasteiger partial charge in [0.2, 0.25) is 5.91 Å². The van der Waals surface area contributed by atoms with Crippen molar-refractivity contribution in [2.75, 3.05) is 7.11 Å². The number of carbonyl (C=O) groups is 1. The maximum atomic E-state index is 10.9. The Hall–Kier alpha value is -1.75. The molecule has 0 atom stereocenters. The fourth-order valence-corrected chi connectivity index (χ4v) is 2.11. The molecule has 1 amide bonds. The van der Waals surface area contributed by atoms with Crippen molar-refractivity contribution < 1.29 is 9.53 Å². The van der Waals surface area contributed by atoms with Gasteiger partial charge in [-0.2, -0.15) is 0 Å². The number of benzene rings is 1. The number of aryl methyl sites for hydroxylation is 1. The standard InChI is InChI=1S/C12H14ClN3O2/c1-18-9-4-2-3-8-12(9)15-11(7-13)16(8)6-5-10(14)17/h2-4H,5-7H2,1H3,(H2,14,17). The molecule has 0 bridgehead atoms. The molecule has 18 heavy (non-hydrogen) atoms. The van der Waals surface area contributed by atoms with Crippen LogP contribution in [0.2, 0.25) is 0 Å². The first-order chi connectivity index (χ1) is 8.67. The van der Waals surface area contributed by atoms with Gasteiger partial charge in [-0.25, -0.2) is 4.98 Å². The third-order valence-corrected chi connectivity index (χ3v) is 2.98. The summed E-state index contributed by atoms with van der Waals surface area (Å²) in [5.74, 6) is 1.32. The van der Waals surface area contributed by atoms with Crippen LogP contribution >= 0.6 is 11.6 Å². The Morgan fingerprint density at radius 3 is 2.94 bits per heavy atom. The average molecular weight is 268 g/mol. The molecule has 96 valence electrons. The van der Waals surface area contributed by atoms with E-state index >= 15 is 0 Å². The molecule has 5 nitrogen and oxygen atoms in total. The molecule has 0 fully saturated rings. The summed E-state index contributed by atoms with van der Waals surface area (Å²) in [6.45, 7) is 0.473. The van der Waals surface area contributed by atoms with Crippen LogP contribution in [-0.2, 0) is 17.2 Å². The zero-order valence-electron chi connectivity index (χ0n) is 10.0. The van der Waals surface area contributed by atoms with E-state index in [1.807, 2.05) is 22.8 Å². The molecule has 0 unspecified atom stereocenters. The first-order valence-electron chi connectivity index (χ1n) is 5.53. The summed E-state index contributed by atoms with van der Waals surface area (Å²) in [6.07, 6.45) is 0.257. The Bertz CT molecular complexity index is 580. The van der Waals surface area contributed by atoms with Crippen LogP contribution in [-0.4, -0.2) is 22.6 Å². The smallest absolute Gasteiger partial charge is 0.219 e. The lowest BCUT2D eigenvalue weighted by atomic mass is 10.3. The fraction of sp³-hybridized carbons (Fsp3) is 0.333. The number of imidazole rings is 1. The van der Waals surface area contributed by atoms with Crippen LogP contribution in [0.5, 0.6) is 5.75 Å². The van der Waals surface area contributed by atoms with E-state index in [0.717, 1.165) is 11.0 Å². The highest BCUT2D eigenvalue weighted by molar-refractivity contribution is 6.16. The zero-order chi connectivity index (χ0) is 13.1. The van der Waals surface area contributed by atoms with Gasteiger partial charge in [-0.05, 0) is 12.1 Å². The SMILES string of the molecule is COc1cccc2c1nc(CCl)n2CCC(N)=O. The Balaban J connectivity index is 2.52. The lowest BCUT2D eigenvalue weighted by Gasteiger charge is -2.06. The van der Waals surface area contributed by atoms with Crippen LogP contribution in [0.1, 0.15) is 12.2 Å². The van der Waals surface area contributed by atoms with Crippen molar-refractivity contribution in [3.8, 4) is 5.75 Å². The number of alkyl halides is 1. The first-order valence-corrected chi connectivity index (χ1v) is 6.07. The molecule has 0 aliphatic heterocycles. The monoisotopic (exact) mass is 267 g/mol. The molecule has 2 N–H and O–H groups in total. The van der Waals surface area contributed by atoms with Crippen LogP contribution in [0.4, 0.5) is 0 Å². The van der Waals surface area contributed by atoms with Crippen LogP contribution in [0.3, 0.4) is 0 Å². The molecule has 0 radical (unpaired) electrons. The molecule has 2 aromatic rings. The number of hydrogen-bond acceptors (Lipinski definition) is 3. The van der Waals surface area contributed by atoms with Gasteiger partial charge in [0, 0.05) is 13.0 Å². The Kier molecular flexibility index (Phi) is 3.72. The second-order valence-electron chi connectivity index (χ2n) is 3.86. The van der Waals surface area contributed by atoms with Crippen LogP contribution < -0.4 is 10.5 Å². The van der Waals surface area contributed by atoms with Crippen LogP contribution in [0.25, 0.3) is 11.0 Å². The molecule has 1 heterocycles. The largest absolute Gasteiger partial charge is 0.494 e. The lowest BCUT2D eigenvalue weighted by molar-refractivity contribution is -0.118. The van der Waals surface area contributed by atoms with Gasteiger partial charge < -0.3 is 15.0 Å². The van der Waals surface area contributed by atoms with Gasteiger partial charge in [0.25, 0.3) is 0 Å². The number of hydrogen-bond donors (Lipinski definition) is 1. The Morgan fingerprint density at radius 1 is 1.56 bits per heavy atom. The third kappa shape index (κ3) is 2.26. The second kappa shape index (κ2) is 5.27. The van der Waals surface area contributed by atoms with Gasteiger partial charge in [0.1, 0.15) is 17.1 Å². The second-order valence-corrected chi connectivity index (χ2v) is 4.12. The minimum Gasteiger partial charge on any atom is -0.494 e. The number of halogens is 1. The van der Waals surface area contributed by atoms with Crippen molar-refractivity contribution >= 4 is 28.5 Å². The fourth-order valence-electron chi connectivity index (χ4n) is 1.91. The van der Waals surface area contributed by atoms with E-state index < -0.39 is 0 Å². The van der Waals surface area contributed by atoms with Crippen LogP contribution in [0.15, 0.2) is 18.2 Å². The highest BCUT2D eigenvalue weighted by Crippen LogP contribution is 2.26. The van der Waals surface area contributed by atoms with Gasteiger partial charge >= 0.3 is 0 Å². The lowest BCUT2D eigenvalue weighted by Crippen LogP contribution is -2.14. The van der Waals surface area contributed by atoms with Crippen molar-refractivity contribution in [2.24, 2.45) is 5.73 Å². The number of fused-ring (bicyclic) bond motifs is 1. The minimum absolute atomic E-state index is 0.257. The van der Waals surface area contributed by atoms with Gasteiger partial charge in [0.05, 0.1) is 18.5 Å². The molecule has 0 aliphatic rings. The molecule has 1 aromatic heterocycles. The van der Waals surface area contributed by atoms with E-state index in [0.29, 0.717) is 18.1 Å². The quantitative estimate of drug-likeness (QED) is 0.838. The molecule has 0 saturated heterocycles. The number of nitrogens with two attached hydrogens (primary N) is 1. The Labute approximate surface area is 109 Å². The Morgan fingerprint density at radius 2 is 2.33 bits per heavy atom. The summed E-state index contributed by atoms with van der Waals surface area (Å²) < 4.78 is 7.15. The van der Waals surface area contributed by atoms with E-state index in [9.17, 15) is 4.79 Å². The summed E-state index contributed by atoms with van der Waals surface area (Å²) in [5.41, 5.74) is 6.82. The molecule has 0 spiro atoms. The number of aromatic nitrogens is 2. The van der Waals surface area contributed by atoms with Crippen LogP contribution in [0, 0.1) is 0 Å². The molecule has 1 aromatic carbocycles. The molecule has 6 heteroatoms. The summed E-state index contributed by atoms with van der Waals surface area (Å²) in [5, 5.41) is 0. The molecular formula is C12H14ClN3O2. The van der Waals surface area contributed by atoms with Crippen molar-refractivity contribution in [1.82, 2.24) is 9.55 Å². The number of nitrogens with zero attached hydrogens (tertiary/aromatic N) is 2. The normalized spacial score (nSPS) is 10.8. The maximum absolute atomic E-state index is 10.9. The molecule has 0 saturated carbocycles. The van der Waals surface area contributed by atoms with Crippen molar-refractivity contribution in [3.63, 3.8) is 0 Å². The average Bonchev–Trinajstić information content (AvgIpc) is 2.73. The van der Waals surface area contributed by atoms with Gasteiger partial charge in [-0.15, -0.1) is 11.6 Å². The molecule has 0 aliphatic carbocycles. The number of carbonyl (C=O) groups excluding carboxylic acids is 1. The first kappa shape index (κ1) is 12.7. The zero-order valence-corrected chi connectivity index (χ0v) is 10.8. The number of para-hydroxylation sites is 1. The van der Waals surface area contributed by atoms with Gasteiger partial charge in [0.15, 0.2) is 0 Å². The maximum Gasteiger partial charge on any atom is 0.219 e. The van der Waals surface area contributed by atoms with E-state index in [4.69, 9.17) is 22.1 Å². The van der Waals surface area contributed by atoms with E-state index in [-0.39, 0.29) is 18.2 Å². The van der Waals surface area contributed by atoms with E-state index in [2.05, 4.69) is 4.98 Å². The molecular weight excluding hydrogens is 254 g/mol. The van der Waals surface area contributed by atoms with Crippen molar-refractivity contribution in [3.05, 3.63) is 24.0 Å². The van der Waals surface area contributed by atoms with E-state index in [1.54, 1.807) is 7.11 Å². The van der Waals surface area contributed by atoms with Crippen molar-refractivity contribution in [2.45, 2.75) is 18.8 Å². The number of amides is 1. The third-order valence-electron chi connectivity index (χ3n) is 2.74. The summed E-state index contributed by atoms with van der Waals surface area (Å²) >= 11 is 5.87.